The minimum absolute atomic E-state index is 0.111. The van der Waals surface area contributed by atoms with E-state index in [4.69, 9.17) is 16.3 Å². The van der Waals surface area contributed by atoms with Crippen LogP contribution in [-0.4, -0.2) is 60.5 Å². The lowest BCUT2D eigenvalue weighted by Gasteiger charge is -2.35. The van der Waals surface area contributed by atoms with Crippen molar-refractivity contribution in [2.45, 2.75) is 31.8 Å². The molecule has 0 saturated carbocycles. The van der Waals surface area contributed by atoms with E-state index in [1.165, 1.54) is 12.1 Å². The Morgan fingerprint density at radius 1 is 1.20 bits per heavy atom. The Morgan fingerprint density at radius 2 is 1.92 bits per heavy atom. The van der Waals surface area contributed by atoms with E-state index in [2.05, 4.69) is 0 Å². The van der Waals surface area contributed by atoms with E-state index in [1.807, 2.05) is 0 Å². The molecular formula is C18H22ClFN2O3. The van der Waals surface area contributed by atoms with Gasteiger partial charge in [0, 0.05) is 39.2 Å². The highest BCUT2D eigenvalue weighted by Crippen LogP contribution is 2.21. The number of carbonyl (C=O) groups is 2. The zero-order valence-electron chi connectivity index (χ0n) is 14.0. The topological polar surface area (TPSA) is 49.9 Å². The average molecular weight is 369 g/mol. The molecule has 0 bridgehead atoms. The van der Waals surface area contributed by atoms with Gasteiger partial charge in [0.25, 0.3) is 5.91 Å². The summed E-state index contributed by atoms with van der Waals surface area (Å²) in [6, 6.07) is 3.77. The third-order valence-corrected chi connectivity index (χ3v) is 5.10. The van der Waals surface area contributed by atoms with Crippen LogP contribution in [0.5, 0.6) is 0 Å². The molecule has 2 aliphatic heterocycles. The molecule has 136 valence electrons. The fraction of sp³-hybridized carbons (Fsp3) is 0.556. The number of piperazine rings is 1. The van der Waals surface area contributed by atoms with E-state index in [0.29, 0.717) is 38.2 Å². The molecule has 2 heterocycles. The van der Waals surface area contributed by atoms with Gasteiger partial charge < -0.3 is 14.5 Å². The standard InChI is InChI=1S/C18H22ClFN2O3/c19-16-12-13(20)3-5-15(16)18(24)22-9-7-21(8-10-22)17(23)6-4-14-2-1-11-25-14/h3,5,12,14H,1-2,4,6-11H2. The summed E-state index contributed by atoms with van der Waals surface area (Å²) in [7, 11) is 0. The van der Waals surface area contributed by atoms with Crippen molar-refractivity contribution in [1.82, 2.24) is 9.80 Å². The number of benzene rings is 1. The smallest absolute Gasteiger partial charge is 0.255 e. The zero-order chi connectivity index (χ0) is 17.8. The maximum atomic E-state index is 13.1. The highest BCUT2D eigenvalue weighted by atomic mass is 35.5. The van der Waals surface area contributed by atoms with Crippen molar-refractivity contribution in [3.8, 4) is 0 Å². The van der Waals surface area contributed by atoms with Gasteiger partial charge in [-0.15, -0.1) is 0 Å². The first-order valence-corrected chi connectivity index (χ1v) is 9.06. The van der Waals surface area contributed by atoms with Gasteiger partial charge in [-0.25, -0.2) is 4.39 Å². The fourth-order valence-corrected chi connectivity index (χ4v) is 3.55. The van der Waals surface area contributed by atoms with Crippen molar-refractivity contribution >= 4 is 23.4 Å². The Morgan fingerprint density at radius 3 is 2.56 bits per heavy atom. The van der Waals surface area contributed by atoms with Gasteiger partial charge in [-0.3, -0.25) is 9.59 Å². The van der Waals surface area contributed by atoms with E-state index in [0.717, 1.165) is 31.9 Å². The normalized spacial score (nSPS) is 20.8. The number of amides is 2. The summed E-state index contributed by atoms with van der Waals surface area (Å²) < 4.78 is 18.7. The molecule has 3 rings (SSSR count). The minimum atomic E-state index is -0.469. The van der Waals surface area contributed by atoms with Crippen molar-refractivity contribution in [3.05, 3.63) is 34.6 Å². The van der Waals surface area contributed by atoms with Crippen LogP contribution in [0.2, 0.25) is 5.02 Å². The monoisotopic (exact) mass is 368 g/mol. The van der Waals surface area contributed by atoms with Crippen LogP contribution in [0, 0.1) is 5.82 Å². The lowest BCUT2D eigenvalue weighted by atomic mass is 10.1. The van der Waals surface area contributed by atoms with E-state index >= 15 is 0 Å². The van der Waals surface area contributed by atoms with Crippen molar-refractivity contribution < 1.29 is 18.7 Å². The highest BCUT2D eigenvalue weighted by Gasteiger charge is 2.26. The quantitative estimate of drug-likeness (QED) is 0.821. The SMILES string of the molecule is O=C(CCC1CCCO1)N1CCN(C(=O)c2ccc(F)cc2Cl)CC1. The Labute approximate surface area is 151 Å². The average Bonchev–Trinajstić information content (AvgIpc) is 3.13. The molecule has 25 heavy (non-hydrogen) atoms. The van der Waals surface area contributed by atoms with Crippen LogP contribution in [0.3, 0.4) is 0 Å². The predicted octanol–water partition coefficient (Wildman–Crippen LogP) is 2.72. The number of ether oxygens (including phenoxy) is 1. The van der Waals surface area contributed by atoms with Crippen LogP contribution in [-0.2, 0) is 9.53 Å². The molecule has 2 fully saturated rings. The second kappa shape index (κ2) is 8.15. The van der Waals surface area contributed by atoms with Gasteiger partial charge in [0.1, 0.15) is 5.82 Å². The maximum Gasteiger partial charge on any atom is 0.255 e. The number of carbonyl (C=O) groups excluding carboxylic acids is 2. The highest BCUT2D eigenvalue weighted by molar-refractivity contribution is 6.33. The van der Waals surface area contributed by atoms with Gasteiger partial charge in [0.2, 0.25) is 5.91 Å². The van der Waals surface area contributed by atoms with Gasteiger partial charge in [-0.05, 0) is 37.5 Å². The second-order valence-electron chi connectivity index (χ2n) is 6.47. The van der Waals surface area contributed by atoms with Gasteiger partial charge in [-0.2, -0.15) is 0 Å². The summed E-state index contributed by atoms with van der Waals surface area (Å²) in [6.45, 7) is 2.73. The molecule has 0 radical (unpaired) electrons. The van der Waals surface area contributed by atoms with Crippen LogP contribution < -0.4 is 0 Å². The summed E-state index contributed by atoms with van der Waals surface area (Å²) in [4.78, 5) is 28.3. The first-order chi connectivity index (χ1) is 12.0. The van der Waals surface area contributed by atoms with Gasteiger partial charge in [0.15, 0.2) is 0 Å². The van der Waals surface area contributed by atoms with Crippen molar-refractivity contribution in [3.63, 3.8) is 0 Å². The third kappa shape index (κ3) is 4.50. The summed E-state index contributed by atoms with van der Waals surface area (Å²) in [5.41, 5.74) is 0.293. The van der Waals surface area contributed by atoms with Gasteiger partial charge in [0.05, 0.1) is 16.7 Å². The van der Waals surface area contributed by atoms with E-state index < -0.39 is 5.82 Å². The van der Waals surface area contributed by atoms with Crippen LogP contribution in [0.4, 0.5) is 4.39 Å². The summed E-state index contributed by atoms with van der Waals surface area (Å²) in [5, 5.41) is 0.111. The molecule has 1 unspecified atom stereocenters. The third-order valence-electron chi connectivity index (χ3n) is 4.79. The van der Waals surface area contributed by atoms with Crippen LogP contribution >= 0.6 is 11.6 Å². The number of rotatable bonds is 4. The van der Waals surface area contributed by atoms with E-state index in [-0.39, 0.29) is 22.9 Å². The largest absolute Gasteiger partial charge is 0.378 e. The van der Waals surface area contributed by atoms with E-state index in [1.54, 1.807) is 9.80 Å². The lowest BCUT2D eigenvalue weighted by Crippen LogP contribution is -2.50. The molecule has 0 aliphatic carbocycles. The molecule has 7 heteroatoms. The van der Waals surface area contributed by atoms with E-state index in [9.17, 15) is 14.0 Å². The van der Waals surface area contributed by atoms with Crippen LogP contribution in [0.15, 0.2) is 18.2 Å². The first-order valence-electron chi connectivity index (χ1n) is 8.68. The molecule has 5 nitrogen and oxygen atoms in total. The van der Waals surface area contributed by atoms with Gasteiger partial charge >= 0.3 is 0 Å². The van der Waals surface area contributed by atoms with Crippen molar-refractivity contribution in [2.24, 2.45) is 0 Å². The molecule has 1 aromatic carbocycles. The number of hydrogen-bond donors (Lipinski definition) is 0. The van der Waals surface area contributed by atoms with Crippen LogP contribution in [0.25, 0.3) is 0 Å². The molecule has 2 saturated heterocycles. The molecule has 0 N–H and O–H groups in total. The molecular weight excluding hydrogens is 347 g/mol. The first kappa shape index (κ1) is 18.1. The van der Waals surface area contributed by atoms with Gasteiger partial charge in [-0.1, -0.05) is 11.6 Å². The number of nitrogens with zero attached hydrogens (tertiary/aromatic N) is 2. The molecule has 2 aliphatic rings. The summed E-state index contributed by atoms with van der Waals surface area (Å²) in [6.07, 6.45) is 3.58. The Hall–Kier alpha value is -1.66. The molecule has 1 atom stereocenters. The zero-order valence-corrected chi connectivity index (χ0v) is 14.8. The Balaban J connectivity index is 1.49. The number of halogens is 2. The van der Waals surface area contributed by atoms with Crippen LogP contribution in [0.1, 0.15) is 36.0 Å². The lowest BCUT2D eigenvalue weighted by molar-refractivity contribution is -0.133. The van der Waals surface area contributed by atoms with Crippen molar-refractivity contribution in [1.29, 1.82) is 0 Å². The Kier molecular flexibility index (Phi) is 5.91. The number of hydrogen-bond acceptors (Lipinski definition) is 3. The Bertz CT molecular complexity index is 641. The molecule has 0 aromatic heterocycles. The summed E-state index contributed by atoms with van der Waals surface area (Å²) in [5.74, 6) is -0.581. The minimum Gasteiger partial charge on any atom is -0.378 e. The summed E-state index contributed by atoms with van der Waals surface area (Å²) >= 11 is 5.96. The predicted molar refractivity (Wildman–Crippen MR) is 92.1 cm³/mol. The van der Waals surface area contributed by atoms with Crippen molar-refractivity contribution in [2.75, 3.05) is 32.8 Å². The maximum absolute atomic E-state index is 13.1. The molecule has 2 amide bonds. The molecule has 0 spiro atoms. The fourth-order valence-electron chi connectivity index (χ4n) is 3.31. The molecule has 1 aromatic rings. The second-order valence-corrected chi connectivity index (χ2v) is 6.88.